The molecule has 0 saturated heterocycles. The minimum atomic E-state index is -0.235. The number of nitrogens with two attached hydrogens (primary N) is 1. The molecule has 6 rings (SSSR count). The molecule has 1 aliphatic heterocycles. The van der Waals surface area contributed by atoms with Gasteiger partial charge in [0.1, 0.15) is 17.2 Å². The van der Waals surface area contributed by atoms with Crippen LogP contribution in [0.15, 0.2) is 65.9 Å². The highest BCUT2D eigenvalue weighted by molar-refractivity contribution is 8.15. The Morgan fingerprint density at radius 3 is 2.80 bits per heavy atom. The summed E-state index contributed by atoms with van der Waals surface area (Å²) < 4.78 is 2.04. The summed E-state index contributed by atoms with van der Waals surface area (Å²) in [6, 6.07) is 10.4. The number of aliphatic imine (C=N–C) groups is 1. The zero-order valence-corrected chi connectivity index (χ0v) is 17.0. The van der Waals surface area contributed by atoms with E-state index in [9.17, 15) is 5.11 Å². The summed E-state index contributed by atoms with van der Waals surface area (Å²) in [6.07, 6.45) is 11.4. The van der Waals surface area contributed by atoms with Crippen molar-refractivity contribution in [1.82, 2.24) is 14.4 Å². The first-order valence-corrected chi connectivity index (χ1v) is 11.1. The van der Waals surface area contributed by atoms with Crippen molar-refractivity contribution in [3.8, 4) is 0 Å². The molecule has 3 aliphatic rings. The van der Waals surface area contributed by atoms with Gasteiger partial charge in [0.2, 0.25) is 0 Å². The van der Waals surface area contributed by atoms with Crippen molar-refractivity contribution < 1.29 is 5.11 Å². The fourth-order valence-electron chi connectivity index (χ4n) is 4.42. The van der Waals surface area contributed by atoms with E-state index >= 15 is 0 Å². The number of benzene rings is 1. The van der Waals surface area contributed by atoms with Gasteiger partial charge in [-0.1, -0.05) is 54.2 Å². The van der Waals surface area contributed by atoms with E-state index in [1.54, 1.807) is 18.0 Å². The van der Waals surface area contributed by atoms with Crippen molar-refractivity contribution in [3.63, 3.8) is 0 Å². The number of allylic oxidation sites excluding steroid dienone is 2. The molecule has 3 heterocycles. The molecule has 6 nitrogen and oxygen atoms in total. The second kappa shape index (κ2) is 6.82. The zero-order chi connectivity index (χ0) is 20.2. The Morgan fingerprint density at radius 2 is 2.00 bits per heavy atom. The van der Waals surface area contributed by atoms with Crippen LogP contribution in [-0.2, 0) is 0 Å². The molecular weight excluding hydrogens is 394 g/mol. The first kappa shape index (κ1) is 17.9. The van der Waals surface area contributed by atoms with Crippen molar-refractivity contribution in [2.75, 3.05) is 5.73 Å². The number of hydrogen-bond donors (Lipinski definition) is 2. The number of fused-ring (bicyclic) bond motifs is 2. The van der Waals surface area contributed by atoms with Gasteiger partial charge in [0.25, 0.3) is 0 Å². The Hall–Kier alpha value is -2.90. The fourth-order valence-corrected chi connectivity index (χ4v) is 5.57. The van der Waals surface area contributed by atoms with Crippen molar-refractivity contribution in [3.05, 3.63) is 78.0 Å². The lowest BCUT2D eigenvalue weighted by atomic mass is 9.82. The Kier molecular flexibility index (Phi) is 4.07. The van der Waals surface area contributed by atoms with E-state index in [2.05, 4.69) is 35.3 Å². The van der Waals surface area contributed by atoms with Crippen LogP contribution in [-0.4, -0.2) is 41.9 Å². The highest BCUT2D eigenvalue weighted by atomic mass is 32.2. The molecule has 1 aromatic carbocycles. The molecule has 30 heavy (non-hydrogen) atoms. The van der Waals surface area contributed by atoms with Crippen LogP contribution in [0.4, 0.5) is 5.82 Å². The number of anilines is 1. The summed E-state index contributed by atoms with van der Waals surface area (Å²) in [5, 5.41) is 11.1. The molecule has 0 spiro atoms. The Balaban J connectivity index is 1.41. The molecule has 2 aliphatic carbocycles. The van der Waals surface area contributed by atoms with Crippen LogP contribution in [0, 0.1) is 0 Å². The topological polar surface area (TPSA) is 88.8 Å². The Morgan fingerprint density at radius 1 is 1.17 bits per heavy atom. The molecule has 3 aromatic rings. The molecule has 150 valence electrons. The lowest BCUT2D eigenvalue weighted by Crippen LogP contribution is -2.28. The van der Waals surface area contributed by atoms with Crippen LogP contribution < -0.4 is 5.73 Å². The number of nitrogens with zero attached hydrogens (tertiary/aromatic N) is 4. The molecule has 0 amide bonds. The van der Waals surface area contributed by atoms with E-state index in [1.165, 1.54) is 0 Å². The van der Waals surface area contributed by atoms with Crippen LogP contribution in [0.25, 0.3) is 11.1 Å². The molecular formula is C23H21N5OS. The smallest absolute Gasteiger partial charge is 0.150 e. The first-order chi connectivity index (χ1) is 14.7. The SMILES string of the molecule is Nc1nccn2c1c(C1=CC3N=C(c4ccccc4)SC3C=C1)nc2[C@H]1C[C@@H](O)C1. The highest BCUT2D eigenvalue weighted by Crippen LogP contribution is 2.41. The molecule has 7 heteroatoms. The van der Waals surface area contributed by atoms with Gasteiger partial charge in [0.05, 0.1) is 28.1 Å². The van der Waals surface area contributed by atoms with Crippen LogP contribution in [0.5, 0.6) is 0 Å². The first-order valence-electron chi connectivity index (χ1n) is 10.2. The van der Waals surface area contributed by atoms with Gasteiger partial charge in [-0.2, -0.15) is 0 Å². The van der Waals surface area contributed by atoms with Gasteiger partial charge in [-0.25, -0.2) is 9.97 Å². The minimum absolute atomic E-state index is 0.0776. The average Bonchev–Trinajstić information content (AvgIpc) is 3.34. The van der Waals surface area contributed by atoms with Crippen LogP contribution >= 0.6 is 11.8 Å². The second-order valence-electron chi connectivity index (χ2n) is 8.03. The number of imidazole rings is 1. The largest absolute Gasteiger partial charge is 0.393 e. The normalized spacial score (nSPS) is 27.5. The molecule has 1 saturated carbocycles. The van der Waals surface area contributed by atoms with Gasteiger partial charge >= 0.3 is 0 Å². The number of thioether (sulfide) groups is 1. The quantitative estimate of drug-likeness (QED) is 0.684. The van der Waals surface area contributed by atoms with Gasteiger partial charge in [-0.15, -0.1) is 0 Å². The van der Waals surface area contributed by atoms with Crippen molar-refractivity contribution >= 4 is 33.7 Å². The van der Waals surface area contributed by atoms with Crippen molar-refractivity contribution in [1.29, 1.82) is 0 Å². The lowest BCUT2D eigenvalue weighted by molar-refractivity contribution is 0.0715. The summed E-state index contributed by atoms with van der Waals surface area (Å²) in [6.45, 7) is 0. The number of rotatable bonds is 3. The highest BCUT2D eigenvalue weighted by Gasteiger charge is 2.34. The molecule has 0 bridgehead atoms. The number of aliphatic hydroxyl groups is 1. The fraction of sp³-hybridized carbons (Fsp3) is 0.261. The zero-order valence-electron chi connectivity index (χ0n) is 16.2. The maximum atomic E-state index is 9.77. The summed E-state index contributed by atoms with van der Waals surface area (Å²) in [5.41, 5.74) is 10.1. The van der Waals surface area contributed by atoms with E-state index < -0.39 is 0 Å². The third kappa shape index (κ3) is 2.80. The molecule has 1 fully saturated rings. The van der Waals surface area contributed by atoms with E-state index in [0.29, 0.717) is 11.1 Å². The number of aromatic nitrogens is 3. The maximum Gasteiger partial charge on any atom is 0.150 e. The van der Waals surface area contributed by atoms with Crippen molar-refractivity contribution in [2.45, 2.75) is 36.2 Å². The van der Waals surface area contributed by atoms with Gasteiger partial charge in [-0.3, -0.25) is 9.39 Å². The number of nitrogen functional groups attached to an aromatic ring is 1. The third-order valence-electron chi connectivity index (χ3n) is 6.05. The van der Waals surface area contributed by atoms with E-state index in [-0.39, 0.29) is 18.1 Å². The standard InChI is InChI=1S/C23H21N5OS/c24-21-20-19(27-22(15-10-16(29)11-15)28(20)9-8-25-21)14-6-7-18-17(12-14)26-23(30-18)13-4-2-1-3-5-13/h1-9,12,15-18,29H,10-11H2,(H2,24,25)/t15-,16+,17?,18?. The molecule has 3 N–H and O–H groups in total. The van der Waals surface area contributed by atoms with Gasteiger partial charge in [0.15, 0.2) is 0 Å². The monoisotopic (exact) mass is 415 g/mol. The average molecular weight is 416 g/mol. The number of hydrogen-bond acceptors (Lipinski definition) is 6. The Bertz CT molecular complexity index is 1220. The number of aliphatic hydroxyl groups excluding tert-OH is 1. The molecule has 2 aromatic heterocycles. The lowest BCUT2D eigenvalue weighted by Gasteiger charge is -2.30. The Labute approximate surface area is 178 Å². The summed E-state index contributed by atoms with van der Waals surface area (Å²) >= 11 is 1.80. The molecule has 2 unspecified atom stereocenters. The summed E-state index contributed by atoms with van der Waals surface area (Å²) in [7, 11) is 0. The van der Waals surface area contributed by atoms with Crippen LogP contribution in [0.3, 0.4) is 0 Å². The third-order valence-corrected chi connectivity index (χ3v) is 7.32. The van der Waals surface area contributed by atoms with Crippen LogP contribution in [0.1, 0.15) is 35.8 Å². The van der Waals surface area contributed by atoms with E-state index in [1.807, 2.05) is 28.8 Å². The van der Waals surface area contributed by atoms with Gasteiger partial charge < -0.3 is 10.8 Å². The predicted octanol–water partition coefficient (Wildman–Crippen LogP) is 3.43. The van der Waals surface area contributed by atoms with Crippen molar-refractivity contribution in [2.24, 2.45) is 4.99 Å². The van der Waals surface area contributed by atoms with Gasteiger partial charge in [-0.05, 0) is 18.9 Å². The van der Waals surface area contributed by atoms with E-state index in [4.69, 9.17) is 15.7 Å². The maximum absolute atomic E-state index is 9.77. The van der Waals surface area contributed by atoms with E-state index in [0.717, 1.165) is 46.1 Å². The molecule has 0 radical (unpaired) electrons. The second-order valence-corrected chi connectivity index (χ2v) is 9.19. The van der Waals surface area contributed by atoms with Crippen LogP contribution in [0.2, 0.25) is 0 Å². The summed E-state index contributed by atoms with van der Waals surface area (Å²) in [4.78, 5) is 14.3. The summed E-state index contributed by atoms with van der Waals surface area (Å²) in [5.74, 6) is 1.66. The molecule has 2 atom stereocenters. The predicted molar refractivity (Wildman–Crippen MR) is 121 cm³/mol. The van der Waals surface area contributed by atoms with Gasteiger partial charge in [0, 0.05) is 29.4 Å². The minimum Gasteiger partial charge on any atom is -0.393 e.